The van der Waals surface area contributed by atoms with Crippen LogP contribution in [-0.4, -0.2) is 37.3 Å². The third kappa shape index (κ3) is 5.01. The summed E-state index contributed by atoms with van der Waals surface area (Å²) in [6.45, 7) is 3.25. The zero-order chi connectivity index (χ0) is 18.1. The van der Waals surface area contributed by atoms with E-state index in [9.17, 15) is 13.2 Å². The monoisotopic (exact) mass is 432 g/mol. The van der Waals surface area contributed by atoms with Gasteiger partial charge in [-0.2, -0.15) is 13.2 Å². The highest BCUT2D eigenvalue weighted by atomic mass is 35.5. The first-order valence-corrected chi connectivity index (χ1v) is 9.24. The molecule has 1 aliphatic heterocycles. The molecule has 154 valence electrons. The Morgan fingerprint density at radius 3 is 2.32 bits per heavy atom. The van der Waals surface area contributed by atoms with Crippen molar-refractivity contribution < 1.29 is 13.2 Å². The van der Waals surface area contributed by atoms with Crippen molar-refractivity contribution >= 4 is 24.8 Å². The lowest BCUT2D eigenvalue weighted by Gasteiger charge is -2.35. The molecule has 0 saturated carbocycles. The van der Waals surface area contributed by atoms with Crippen molar-refractivity contribution in [1.82, 2.24) is 10.2 Å². The van der Waals surface area contributed by atoms with Crippen molar-refractivity contribution in [2.75, 3.05) is 26.2 Å². The number of hydrogen-bond acceptors (Lipinski definition) is 2. The molecule has 0 spiro atoms. The van der Waals surface area contributed by atoms with Gasteiger partial charge in [0.05, 0.1) is 0 Å². The van der Waals surface area contributed by atoms with Crippen molar-refractivity contribution in [3.63, 3.8) is 0 Å². The summed E-state index contributed by atoms with van der Waals surface area (Å²) in [6.07, 6.45) is -3.86. The van der Waals surface area contributed by atoms with Gasteiger partial charge >= 0.3 is 6.18 Å². The van der Waals surface area contributed by atoms with Crippen LogP contribution in [0.4, 0.5) is 13.2 Å². The van der Waals surface area contributed by atoms with E-state index in [1.54, 1.807) is 0 Å². The molecule has 1 atom stereocenters. The topological polar surface area (TPSA) is 15.3 Å². The molecule has 4 rings (SSSR count). The molecular formula is C21H25Cl2F3N2. The van der Waals surface area contributed by atoms with Crippen LogP contribution in [0.3, 0.4) is 0 Å². The van der Waals surface area contributed by atoms with Crippen molar-refractivity contribution in [3.05, 3.63) is 59.2 Å². The second kappa shape index (κ2) is 9.49. The van der Waals surface area contributed by atoms with Gasteiger partial charge < -0.3 is 5.32 Å². The Morgan fingerprint density at radius 1 is 0.929 bits per heavy atom. The molecule has 2 aromatic rings. The maximum Gasteiger partial charge on any atom is 0.389 e. The number of nitrogens with one attached hydrogen (secondary N) is 1. The van der Waals surface area contributed by atoms with Crippen LogP contribution in [-0.2, 0) is 6.42 Å². The van der Waals surface area contributed by atoms with E-state index in [0.717, 1.165) is 38.2 Å². The molecule has 1 heterocycles. The number of nitrogens with zero attached hydrogens (tertiary/aromatic N) is 1. The maximum atomic E-state index is 12.9. The molecule has 0 amide bonds. The zero-order valence-electron chi connectivity index (χ0n) is 15.5. The second-order valence-electron chi connectivity index (χ2n) is 7.21. The Kier molecular flexibility index (Phi) is 7.80. The summed E-state index contributed by atoms with van der Waals surface area (Å²) in [5.41, 5.74) is 6.02. The summed E-state index contributed by atoms with van der Waals surface area (Å²) in [7, 11) is 0. The van der Waals surface area contributed by atoms with Gasteiger partial charge in [-0.05, 0) is 40.7 Å². The standard InChI is InChI=1S/C21H23F3N2.2ClH/c22-21(23,24)8-7-20(26-11-9-25-10-12-26)16-5-6-19-17(14-16)13-15-3-1-2-4-18(15)19;;/h1-6,14,20,25H,7-13H2;2*1H/t20-;;/m1../s1. The van der Waals surface area contributed by atoms with E-state index in [0.29, 0.717) is 0 Å². The first-order chi connectivity index (χ1) is 12.5. The van der Waals surface area contributed by atoms with Crippen LogP contribution in [0.5, 0.6) is 0 Å². The molecule has 1 saturated heterocycles. The van der Waals surface area contributed by atoms with Gasteiger partial charge in [0.15, 0.2) is 0 Å². The summed E-state index contributed by atoms with van der Waals surface area (Å²) in [6, 6.07) is 14.4. The summed E-state index contributed by atoms with van der Waals surface area (Å²) in [5.74, 6) is 0. The highest BCUT2D eigenvalue weighted by molar-refractivity contribution is 5.85. The van der Waals surface area contributed by atoms with E-state index >= 15 is 0 Å². The van der Waals surface area contributed by atoms with Crippen LogP contribution in [0.2, 0.25) is 0 Å². The largest absolute Gasteiger partial charge is 0.389 e. The van der Waals surface area contributed by atoms with Gasteiger partial charge in [0, 0.05) is 38.6 Å². The molecule has 2 aromatic carbocycles. The Labute approximate surface area is 176 Å². The van der Waals surface area contributed by atoms with Gasteiger partial charge in [-0.15, -0.1) is 24.8 Å². The third-order valence-electron chi connectivity index (χ3n) is 5.50. The number of fused-ring (bicyclic) bond motifs is 3. The van der Waals surface area contributed by atoms with Crippen LogP contribution in [0.15, 0.2) is 42.5 Å². The molecule has 0 radical (unpaired) electrons. The average molecular weight is 433 g/mol. The van der Waals surface area contributed by atoms with E-state index in [-0.39, 0.29) is 37.3 Å². The molecule has 0 bridgehead atoms. The Hall–Kier alpha value is -1.27. The lowest BCUT2D eigenvalue weighted by molar-refractivity contribution is -0.138. The zero-order valence-corrected chi connectivity index (χ0v) is 17.1. The summed E-state index contributed by atoms with van der Waals surface area (Å²) in [5, 5.41) is 3.28. The first kappa shape index (κ1) is 23.0. The van der Waals surface area contributed by atoms with Gasteiger partial charge in [0.2, 0.25) is 0 Å². The molecule has 0 aromatic heterocycles. The summed E-state index contributed by atoms with van der Waals surface area (Å²) >= 11 is 0. The fraction of sp³-hybridized carbons (Fsp3) is 0.429. The van der Waals surface area contributed by atoms with E-state index in [2.05, 4.69) is 34.5 Å². The summed E-state index contributed by atoms with van der Waals surface area (Å²) < 4.78 is 38.6. The Balaban J connectivity index is 0.00000140. The summed E-state index contributed by atoms with van der Waals surface area (Å²) in [4.78, 5) is 2.20. The van der Waals surface area contributed by atoms with Crippen molar-refractivity contribution in [2.24, 2.45) is 0 Å². The minimum Gasteiger partial charge on any atom is -0.314 e. The fourth-order valence-corrected chi connectivity index (χ4v) is 4.23. The number of benzene rings is 2. The third-order valence-corrected chi connectivity index (χ3v) is 5.50. The van der Waals surface area contributed by atoms with Crippen LogP contribution in [0.25, 0.3) is 11.1 Å². The lowest BCUT2D eigenvalue weighted by Crippen LogP contribution is -2.45. The van der Waals surface area contributed by atoms with Crippen LogP contribution in [0, 0.1) is 0 Å². The average Bonchev–Trinajstić information content (AvgIpc) is 3.00. The predicted molar refractivity (Wildman–Crippen MR) is 112 cm³/mol. The van der Waals surface area contributed by atoms with Crippen molar-refractivity contribution in [3.8, 4) is 11.1 Å². The SMILES string of the molecule is Cl.Cl.FC(F)(F)CC[C@H](c1ccc2c(c1)Cc1ccccc1-2)N1CCNCC1. The predicted octanol–water partition coefficient (Wildman–Crippen LogP) is 5.39. The molecule has 1 fully saturated rings. The van der Waals surface area contributed by atoms with Crippen molar-refractivity contribution in [2.45, 2.75) is 31.5 Å². The van der Waals surface area contributed by atoms with E-state index in [1.165, 1.54) is 22.3 Å². The number of hydrogen-bond donors (Lipinski definition) is 1. The quantitative estimate of drug-likeness (QED) is 0.594. The molecule has 28 heavy (non-hydrogen) atoms. The number of halogens is 5. The molecule has 2 aliphatic rings. The fourth-order valence-electron chi connectivity index (χ4n) is 4.23. The normalized spacial score (nSPS) is 17.1. The number of piperazine rings is 1. The van der Waals surface area contributed by atoms with E-state index in [4.69, 9.17) is 0 Å². The Morgan fingerprint density at radius 2 is 1.61 bits per heavy atom. The van der Waals surface area contributed by atoms with Crippen LogP contribution < -0.4 is 5.32 Å². The second-order valence-corrected chi connectivity index (χ2v) is 7.21. The van der Waals surface area contributed by atoms with E-state index in [1.807, 2.05) is 18.2 Å². The minimum atomic E-state index is -4.11. The van der Waals surface area contributed by atoms with Gasteiger partial charge in [-0.3, -0.25) is 4.90 Å². The molecule has 1 aliphatic carbocycles. The molecular weight excluding hydrogens is 408 g/mol. The number of alkyl halides is 3. The molecule has 0 unspecified atom stereocenters. The van der Waals surface area contributed by atoms with Gasteiger partial charge in [-0.1, -0.05) is 42.5 Å². The van der Waals surface area contributed by atoms with Gasteiger partial charge in [0.1, 0.15) is 0 Å². The van der Waals surface area contributed by atoms with Crippen LogP contribution in [0.1, 0.15) is 35.6 Å². The lowest BCUT2D eigenvalue weighted by atomic mass is 9.95. The van der Waals surface area contributed by atoms with Gasteiger partial charge in [-0.25, -0.2) is 0 Å². The van der Waals surface area contributed by atoms with Crippen LogP contribution >= 0.6 is 24.8 Å². The molecule has 7 heteroatoms. The Bertz CT molecular complexity index is 789. The van der Waals surface area contributed by atoms with E-state index < -0.39 is 12.6 Å². The smallest absolute Gasteiger partial charge is 0.314 e. The first-order valence-electron chi connectivity index (χ1n) is 9.24. The maximum absolute atomic E-state index is 12.9. The molecule has 2 nitrogen and oxygen atoms in total. The number of rotatable bonds is 4. The highest BCUT2D eigenvalue weighted by Crippen LogP contribution is 2.39. The highest BCUT2D eigenvalue weighted by Gasteiger charge is 2.32. The molecule has 1 N–H and O–H groups in total. The van der Waals surface area contributed by atoms with Gasteiger partial charge in [0.25, 0.3) is 0 Å². The minimum absolute atomic E-state index is 0. The van der Waals surface area contributed by atoms with Crippen molar-refractivity contribution in [1.29, 1.82) is 0 Å².